The van der Waals surface area contributed by atoms with Crippen molar-refractivity contribution >= 4 is 17.4 Å². The number of carbonyl (C=O) groups is 1. The highest BCUT2D eigenvalue weighted by atomic mass is 35.5. The van der Waals surface area contributed by atoms with Crippen molar-refractivity contribution in [2.24, 2.45) is 0 Å². The quantitative estimate of drug-likeness (QED) is 0.628. The minimum Gasteiger partial charge on any atom is -0.292 e. The second-order valence-corrected chi connectivity index (χ2v) is 4.63. The molecule has 106 valence electrons. The van der Waals surface area contributed by atoms with Gasteiger partial charge in [-0.15, -0.1) is 0 Å². The van der Waals surface area contributed by atoms with E-state index in [0.717, 1.165) is 12.1 Å². The van der Waals surface area contributed by atoms with E-state index in [9.17, 15) is 18.0 Å². The van der Waals surface area contributed by atoms with Crippen LogP contribution in [0.2, 0.25) is 5.02 Å². The third-order valence-electron chi connectivity index (χ3n) is 2.85. The van der Waals surface area contributed by atoms with Gasteiger partial charge in [-0.2, -0.15) is 5.26 Å². The number of Topliss-reactive ketones (excluding diaryl/α,β-unsaturated/α-hetero) is 1. The fourth-order valence-electron chi connectivity index (χ4n) is 1.84. The predicted molar refractivity (Wildman–Crippen MR) is 70.5 cm³/mol. The monoisotopic (exact) mass is 309 g/mol. The van der Waals surface area contributed by atoms with Gasteiger partial charge in [0.15, 0.2) is 5.78 Å². The summed E-state index contributed by atoms with van der Waals surface area (Å²) in [6.07, 6.45) is 0. The summed E-state index contributed by atoms with van der Waals surface area (Å²) in [5.41, 5.74) is -0.537. The van der Waals surface area contributed by atoms with E-state index in [0.29, 0.717) is 12.1 Å². The third kappa shape index (κ3) is 3.06. The average Bonchev–Trinajstić information content (AvgIpc) is 2.43. The molecule has 2 nitrogen and oxygen atoms in total. The summed E-state index contributed by atoms with van der Waals surface area (Å²) < 4.78 is 40.2. The maximum Gasteiger partial charge on any atom is 0.187 e. The molecule has 0 bridgehead atoms. The first-order valence-electron chi connectivity index (χ1n) is 5.78. The molecule has 0 aliphatic rings. The van der Waals surface area contributed by atoms with Crippen LogP contribution in [0.1, 0.15) is 21.8 Å². The van der Waals surface area contributed by atoms with E-state index in [1.807, 2.05) is 0 Å². The van der Waals surface area contributed by atoms with Gasteiger partial charge in [-0.1, -0.05) is 23.7 Å². The first kappa shape index (κ1) is 15.1. The lowest BCUT2D eigenvalue weighted by molar-refractivity contribution is 0.0974. The van der Waals surface area contributed by atoms with Crippen molar-refractivity contribution in [2.75, 3.05) is 0 Å². The molecule has 21 heavy (non-hydrogen) atoms. The van der Waals surface area contributed by atoms with Crippen molar-refractivity contribution < 1.29 is 18.0 Å². The Hall–Kier alpha value is -2.32. The van der Waals surface area contributed by atoms with E-state index in [2.05, 4.69) is 0 Å². The lowest BCUT2D eigenvalue weighted by Gasteiger charge is -2.10. The van der Waals surface area contributed by atoms with Crippen LogP contribution in [0.25, 0.3) is 0 Å². The maximum absolute atomic E-state index is 13.7. The normalized spacial score (nSPS) is 11.8. The van der Waals surface area contributed by atoms with Crippen LogP contribution in [0.15, 0.2) is 36.4 Å². The summed E-state index contributed by atoms with van der Waals surface area (Å²) in [4.78, 5) is 12.2. The zero-order valence-electron chi connectivity index (χ0n) is 10.4. The van der Waals surface area contributed by atoms with Crippen LogP contribution in [0, 0.1) is 28.8 Å². The van der Waals surface area contributed by atoms with E-state index in [1.54, 1.807) is 6.07 Å². The van der Waals surface area contributed by atoms with Crippen LogP contribution >= 0.6 is 11.6 Å². The maximum atomic E-state index is 13.7. The minimum absolute atomic E-state index is 0.0669. The number of halogens is 4. The Morgan fingerprint density at radius 2 is 1.86 bits per heavy atom. The summed E-state index contributed by atoms with van der Waals surface area (Å²) in [7, 11) is 0. The number of nitriles is 1. The van der Waals surface area contributed by atoms with Crippen LogP contribution in [-0.4, -0.2) is 5.78 Å². The summed E-state index contributed by atoms with van der Waals surface area (Å²) in [6.45, 7) is 0. The van der Waals surface area contributed by atoms with Gasteiger partial charge >= 0.3 is 0 Å². The van der Waals surface area contributed by atoms with Crippen molar-refractivity contribution in [3.63, 3.8) is 0 Å². The van der Waals surface area contributed by atoms with E-state index >= 15 is 0 Å². The Labute approximate surface area is 123 Å². The highest BCUT2D eigenvalue weighted by Crippen LogP contribution is 2.26. The summed E-state index contributed by atoms with van der Waals surface area (Å²) in [5, 5.41) is 8.61. The fourth-order valence-corrected chi connectivity index (χ4v) is 1.99. The van der Waals surface area contributed by atoms with E-state index in [1.165, 1.54) is 12.1 Å². The topological polar surface area (TPSA) is 40.9 Å². The lowest BCUT2D eigenvalue weighted by Crippen LogP contribution is -2.13. The molecule has 2 aromatic carbocycles. The van der Waals surface area contributed by atoms with Crippen molar-refractivity contribution in [3.8, 4) is 6.07 Å². The number of hydrogen-bond donors (Lipinski definition) is 0. The number of benzene rings is 2. The Bertz CT molecular complexity index is 755. The highest BCUT2D eigenvalue weighted by molar-refractivity contribution is 6.30. The van der Waals surface area contributed by atoms with Gasteiger partial charge in [0.2, 0.25) is 0 Å². The minimum atomic E-state index is -1.43. The fraction of sp³-hybridized carbons (Fsp3) is 0.0667. The molecule has 6 heteroatoms. The molecule has 0 aliphatic heterocycles. The number of carbonyl (C=O) groups excluding carboxylic acids is 1. The lowest BCUT2D eigenvalue weighted by atomic mass is 9.91. The van der Waals surface area contributed by atoms with Gasteiger partial charge in [0.05, 0.1) is 16.7 Å². The van der Waals surface area contributed by atoms with Crippen molar-refractivity contribution in [3.05, 3.63) is 70.0 Å². The first-order valence-corrected chi connectivity index (χ1v) is 6.15. The van der Waals surface area contributed by atoms with Crippen LogP contribution in [-0.2, 0) is 0 Å². The number of rotatable bonds is 3. The Kier molecular flexibility index (Phi) is 4.29. The first-order chi connectivity index (χ1) is 9.93. The molecule has 0 heterocycles. The van der Waals surface area contributed by atoms with Crippen molar-refractivity contribution in [2.45, 2.75) is 5.92 Å². The molecule has 0 saturated heterocycles. The zero-order valence-corrected chi connectivity index (χ0v) is 11.2. The largest absolute Gasteiger partial charge is 0.292 e. The van der Waals surface area contributed by atoms with Gasteiger partial charge in [0, 0.05) is 0 Å². The molecule has 0 aliphatic carbocycles. The molecular formula is C15H7ClF3NO. The van der Waals surface area contributed by atoms with Crippen LogP contribution in [0.4, 0.5) is 13.2 Å². The van der Waals surface area contributed by atoms with E-state index < -0.39 is 39.7 Å². The Morgan fingerprint density at radius 1 is 1.14 bits per heavy atom. The number of hydrogen-bond acceptors (Lipinski definition) is 2. The van der Waals surface area contributed by atoms with Crippen molar-refractivity contribution in [1.29, 1.82) is 5.26 Å². The van der Waals surface area contributed by atoms with Crippen LogP contribution in [0.5, 0.6) is 0 Å². The molecule has 1 unspecified atom stereocenters. The molecule has 0 radical (unpaired) electrons. The Morgan fingerprint density at radius 3 is 2.48 bits per heavy atom. The van der Waals surface area contributed by atoms with Gasteiger partial charge in [0.1, 0.15) is 23.4 Å². The molecule has 0 amide bonds. The second kappa shape index (κ2) is 5.98. The predicted octanol–water partition coefficient (Wildman–Crippen LogP) is 4.25. The van der Waals surface area contributed by atoms with Gasteiger partial charge in [-0.05, 0) is 29.8 Å². The van der Waals surface area contributed by atoms with E-state index in [-0.39, 0.29) is 5.56 Å². The zero-order chi connectivity index (χ0) is 15.6. The molecule has 0 fully saturated rings. The average molecular weight is 310 g/mol. The van der Waals surface area contributed by atoms with Gasteiger partial charge in [0.25, 0.3) is 0 Å². The molecule has 2 aromatic rings. The van der Waals surface area contributed by atoms with Crippen molar-refractivity contribution in [1.82, 2.24) is 0 Å². The van der Waals surface area contributed by atoms with Gasteiger partial charge in [-0.3, -0.25) is 4.79 Å². The standard InChI is InChI=1S/C15H7ClF3NO/c16-12-6-13(18)10(5-14(12)19)15(21)11(7-20)8-2-1-3-9(17)4-8/h1-6,11H. The van der Waals surface area contributed by atoms with Crippen LogP contribution < -0.4 is 0 Å². The molecule has 0 spiro atoms. The summed E-state index contributed by atoms with van der Waals surface area (Å²) >= 11 is 5.40. The number of ketones is 1. The van der Waals surface area contributed by atoms with Crippen LogP contribution in [0.3, 0.4) is 0 Å². The second-order valence-electron chi connectivity index (χ2n) is 4.23. The molecular weight excluding hydrogens is 303 g/mol. The SMILES string of the molecule is N#CC(C(=O)c1cc(F)c(Cl)cc1F)c1cccc(F)c1. The Balaban J connectivity index is 2.47. The van der Waals surface area contributed by atoms with E-state index in [4.69, 9.17) is 16.9 Å². The summed E-state index contributed by atoms with van der Waals surface area (Å²) in [6, 6.07) is 7.77. The third-order valence-corrected chi connectivity index (χ3v) is 3.14. The smallest absolute Gasteiger partial charge is 0.187 e. The molecule has 0 saturated carbocycles. The molecule has 2 rings (SSSR count). The molecule has 1 atom stereocenters. The molecule has 0 aromatic heterocycles. The van der Waals surface area contributed by atoms with Gasteiger partial charge < -0.3 is 0 Å². The number of nitrogens with zero attached hydrogens (tertiary/aromatic N) is 1. The highest BCUT2D eigenvalue weighted by Gasteiger charge is 2.26. The summed E-state index contributed by atoms with van der Waals surface area (Å²) in [5.74, 6) is -5.05. The molecule has 0 N–H and O–H groups in total. The van der Waals surface area contributed by atoms with Gasteiger partial charge in [-0.25, -0.2) is 13.2 Å².